The number of para-hydroxylation sites is 1. The van der Waals surface area contributed by atoms with Crippen molar-refractivity contribution in [1.82, 2.24) is 24.5 Å². The molecule has 0 fully saturated rings. The first kappa shape index (κ1) is 13.8. The second-order valence-electron chi connectivity index (χ2n) is 5.77. The molecule has 4 heterocycles. The number of aromatic amines is 1. The topological polar surface area (TPSA) is 101 Å². The number of aromatic nitrogens is 5. The molecule has 122 valence electrons. The van der Waals surface area contributed by atoms with Crippen LogP contribution in [0.25, 0.3) is 22.1 Å². The first-order valence-electron chi connectivity index (χ1n) is 7.91. The summed E-state index contributed by atoms with van der Waals surface area (Å²) in [6.07, 6.45) is 3.03. The van der Waals surface area contributed by atoms with E-state index >= 15 is 0 Å². The zero-order valence-corrected chi connectivity index (χ0v) is 13.1. The third kappa shape index (κ3) is 2.18. The molecule has 0 bridgehead atoms. The summed E-state index contributed by atoms with van der Waals surface area (Å²) in [7, 11) is 0. The van der Waals surface area contributed by atoms with Crippen molar-refractivity contribution in [2.75, 3.05) is 11.9 Å². The Kier molecular flexibility index (Phi) is 2.90. The molecule has 8 heteroatoms. The highest BCUT2D eigenvalue weighted by Gasteiger charge is 2.16. The van der Waals surface area contributed by atoms with E-state index in [2.05, 4.69) is 30.2 Å². The standard InChI is InChI=1S/C17H13N7O/c25-16(10-7-13-14(19-8-10)21-9-20-13)23-17-22-12-4-2-1-3-11(12)15-18-5-6-24(15)17/h1-4,7-9,18H,5-6H2,(H,19,20,21). The SMILES string of the molecule is O=C(N=c1nc2ccccc2c2n1CCN2)c1cnc2nc[nH]c2c1. The molecule has 0 unspecified atom stereocenters. The number of fused-ring (bicyclic) bond motifs is 4. The van der Waals surface area contributed by atoms with Gasteiger partial charge in [0.15, 0.2) is 5.65 Å². The maximum Gasteiger partial charge on any atom is 0.281 e. The van der Waals surface area contributed by atoms with Crippen molar-refractivity contribution in [1.29, 1.82) is 0 Å². The van der Waals surface area contributed by atoms with Crippen LogP contribution in [-0.4, -0.2) is 37.0 Å². The normalized spacial score (nSPS) is 14.0. The summed E-state index contributed by atoms with van der Waals surface area (Å²) in [5, 5.41) is 4.36. The number of amides is 1. The van der Waals surface area contributed by atoms with Gasteiger partial charge in [0.25, 0.3) is 5.91 Å². The molecule has 5 rings (SSSR count). The molecule has 4 aromatic rings. The highest BCUT2D eigenvalue weighted by molar-refractivity contribution is 5.97. The number of hydrogen-bond acceptors (Lipinski definition) is 5. The molecular formula is C17H13N7O. The van der Waals surface area contributed by atoms with E-state index in [1.165, 1.54) is 6.20 Å². The van der Waals surface area contributed by atoms with Crippen molar-refractivity contribution < 1.29 is 4.79 Å². The molecule has 8 nitrogen and oxygen atoms in total. The lowest BCUT2D eigenvalue weighted by Gasteiger charge is -2.07. The van der Waals surface area contributed by atoms with Gasteiger partial charge >= 0.3 is 0 Å². The number of carbonyl (C=O) groups excluding carboxylic acids is 1. The van der Waals surface area contributed by atoms with Crippen molar-refractivity contribution in [2.45, 2.75) is 6.54 Å². The first-order chi connectivity index (χ1) is 12.3. The van der Waals surface area contributed by atoms with Gasteiger partial charge < -0.3 is 10.3 Å². The number of H-pyrrole nitrogens is 1. The Morgan fingerprint density at radius 2 is 2.16 bits per heavy atom. The highest BCUT2D eigenvalue weighted by atomic mass is 16.1. The Labute approximate surface area is 141 Å². The number of benzene rings is 1. The number of nitrogens with zero attached hydrogens (tertiary/aromatic N) is 5. The number of imidazole rings is 1. The molecule has 1 aliphatic rings. The summed E-state index contributed by atoms with van der Waals surface area (Å²) in [4.78, 5) is 32.6. The number of pyridine rings is 1. The molecule has 0 saturated carbocycles. The third-order valence-corrected chi connectivity index (χ3v) is 4.24. The summed E-state index contributed by atoms with van der Waals surface area (Å²) in [6, 6.07) is 9.51. The van der Waals surface area contributed by atoms with Crippen LogP contribution < -0.4 is 10.9 Å². The zero-order valence-electron chi connectivity index (χ0n) is 13.1. The van der Waals surface area contributed by atoms with Crippen LogP contribution in [0.5, 0.6) is 0 Å². The van der Waals surface area contributed by atoms with Gasteiger partial charge in [-0.2, -0.15) is 4.99 Å². The Hall–Kier alpha value is -3.55. The van der Waals surface area contributed by atoms with Crippen LogP contribution >= 0.6 is 0 Å². The molecule has 0 spiro atoms. The quantitative estimate of drug-likeness (QED) is 0.550. The fourth-order valence-electron chi connectivity index (χ4n) is 3.06. The second-order valence-corrected chi connectivity index (χ2v) is 5.77. The maximum atomic E-state index is 12.6. The fourth-order valence-corrected chi connectivity index (χ4v) is 3.06. The minimum atomic E-state index is -0.381. The van der Waals surface area contributed by atoms with Crippen LogP contribution in [0.2, 0.25) is 0 Å². The first-order valence-corrected chi connectivity index (χ1v) is 7.91. The lowest BCUT2D eigenvalue weighted by molar-refractivity contribution is 0.0996. The molecule has 1 aromatic carbocycles. The van der Waals surface area contributed by atoms with Crippen molar-refractivity contribution in [3.8, 4) is 0 Å². The number of hydrogen-bond donors (Lipinski definition) is 2. The number of rotatable bonds is 1. The molecule has 1 amide bonds. The van der Waals surface area contributed by atoms with E-state index in [0.29, 0.717) is 22.3 Å². The fraction of sp³-hybridized carbons (Fsp3) is 0.118. The Balaban J connectivity index is 1.68. The molecule has 0 radical (unpaired) electrons. The van der Waals surface area contributed by atoms with Gasteiger partial charge in [0.1, 0.15) is 5.82 Å². The zero-order chi connectivity index (χ0) is 16.8. The second kappa shape index (κ2) is 5.23. The predicted octanol–water partition coefficient (Wildman–Crippen LogP) is 1.47. The summed E-state index contributed by atoms with van der Waals surface area (Å²) >= 11 is 0. The largest absolute Gasteiger partial charge is 0.369 e. The molecule has 25 heavy (non-hydrogen) atoms. The van der Waals surface area contributed by atoms with Gasteiger partial charge in [-0.1, -0.05) is 12.1 Å². The molecule has 0 aliphatic carbocycles. The smallest absolute Gasteiger partial charge is 0.281 e. The van der Waals surface area contributed by atoms with E-state index < -0.39 is 0 Å². The molecule has 0 atom stereocenters. The Bertz CT molecular complexity index is 1200. The average Bonchev–Trinajstić information content (AvgIpc) is 3.30. The van der Waals surface area contributed by atoms with Gasteiger partial charge in [-0.25, -0.2) is 15.0 Å². The monoisotopic (exact) mass is 331 g/mol. The lowest BCUT2D eigenvalue weighted by Crippen LogP contribution is -2.24. The summed E-state index contributed by atoms with van der Waals surface area (Å²) in [5.74, 6) is 0.563. The van der Waals surface area contributed by atoms with Crippen molar-refractivity contribution in [2.24, 2.45) is 4.99 Å². The molecule has 2 N–H and O–H groups in total. The van der Waals surface area contributed by atoms with Crippen LogP contribution in [0.15, 0.2) is 47.8 Å². The summed E-state index contributed by atoms with van der Waals surface area (Å²) < 4.78 is 1.93. The molecule has 0 saturated heterocycles. The number of nitrogens with one attached hydrogen (secondary N) is 2. The molecule has 3 aromatic heterocycles. The van der Waals surface area contributed by atoms with E-state index in [1.807, 2.05) is 28.8 Å². The van der Waals surface area contributed by atoms with E-state index in [0.717, 1.165) is 29.8 Å². The highest BCUT2D eigenvalue weighted by Crippen LogP contribution is 2.22. The minimum absolute atomic E-state index is 0.381. The van der Waals surface area contributed by atoms with E-state index in [1.54, 1.807) is 12.4 Å². The van der Waals surface area contributed by atoms with Gasteiger partial charge in [0, 0.05) is 24.7 Å². The number of carbonyl (C=O) groups is 1. The number of anilines is 1. The van der Waals surface area contributed by atoms with E-state index in [-0.39, 0.29) is 5.91 Å². The van der Waals surface area contributed by atoms with Crippen LogP contribution in [0.4, 0.5) is 5.82 Å². The van der Waals surface area contributed by atoms with Gasteiger partial charge in [-0.05, 0) is 18.2 Å². The van der Waals surface area contributed by atoms with Crippen molar-refractivity contribution in [3.05, 3.63) is 54.0 Å². The van der Waals surface area contributed by atoms with Crippen LogP contribution in [0, 0.1) is 0 Å². The van der Waals surface area contributed by atoms with Gasteiger partial charge in [-0.3, -0.25) is 9.36 Å². The van der Waals surface area contributed by atoms with Crippen LogP contribution in [0.3, 0.4) is 0 Å². The van der Waals surface area contributed by atoms with Gasteiger partial charge in [-0.15, -0.1) is 0 Å². The molecule has 1 aliphatic heterocycles. The Morgan fingerprint density at radius 3 is 3.12 bits per heavy atom. The van der Waals surface area contributed by atoms with E-state index in [9.17, 15) is 4.79 Å². The summed E-state index contributed by atoms with van der Waals surface area (Å²) in [6.45, 7) is 1.51. The van der Waals surface area contributed by atoms with Crippen LogP contribution in [-0.2, 0) is 6.54 Å². The van der Waals surface area contributed by atoms with Crippen LogP contribution in [0.1, 0.15) is 10.4 Å². The predicted molar refractivity (Wildman–Crippen MR) is 92.0 cm³/mol. The molecular weight excluding hydrogens is 318 g/mol. The van der Waals surface area contributed by atoms with Crippen molar-refractivity contribution >= 4 is 33.8 Å². The lowest BCUT2D eigenvalue weighted by atomic mass is 10.2. The maximum absolute atomic E-state index is 12.6. The van der Waals surface area contributed by atoms with Gasteiger partial charge in [0.2, 0.25) is 5.62 Å². The van der Waals surface area contributed by atoms with E-state index in [4.69, 9.17) is 0 Å². The van der Waals surface area contributed by atoms with Gasteiger partial charge in [0.05, 0.1) is 22.9 Å². The third-order valence-electron chi connectivity index (χ3n) is 4.24. The summed E-state index contributed by atoms with van der Waals surface area (Å²) in [5.41, 5.74) is 2.86. The Morgan fingerprint density at radius 1 is 1.24 bits per heavy atom. The average molecular weight is 331 g/mol. The minimum Gasteiger partial charge on any atom is -0.369 e. The van der Waals surface area contributed by atoms with Crippen molar-refractivity contribution in [3.63, 3.8) is 0 Å².